The quantitative estimate of drug-likeness (QED) is 0.119. The van der Waals surface area contributed by atoms with Gasteiger partial charge in [0.15, 0.2) is 11.6 Å². The van der Waals surface area contributed by atoms with Gasteiger partial charge in [-0.15, -0.1) is 0 Å². The van der Waals surface area contributed by atoms with Crippen LogP contribution in [0.1, 0.15) is 107 Å². The first kappa shape index (κ1) is 63.8. The van der Waals surface area contributed by atoms with Gasteiger partial charge in [-0.25, -0.2) is 34.3 Å². The van der Waals surface area contributed by atoms with E-state index in [2.05, 4.69) is 65.6 Å². The Bertz CT molecular complexity index is 2950. The van der Waals surface area contributed by atoms with E-state index in [0.717, 1.165) is 89.4 Å². The zero-order chi connectivity index (χ0) is 61.4. The second-order valence-corrected chi connectivity index (χ2v) is 26.2. The minimum absolute atomic E-state index is 0.0107. The Hall–Kier alpha value is -7.19. The number of aromatic nitrogens is 8. The zero-order valence-corrected chi connectivity index (χ0v) is 51.6. The van der Waals surface area contributed by atoms with E-state index in [4.69, 9.17) is 48.9 Å². The van der Waals surface area contributed by atoms with Crippen molar-refractivity contribution in [2.75, 3.05) is 90.8 Å². The molecular weight excluding hydrogens is 1140 g/mol. The summed E-state index contributed by atoms with van der Waals surface area (Å²) in [5.74, 6) is 5.05. The highest BCUT2D eigenvalue weighted by atomic mass is 35.5. The van der Waals surface area contributed by atoms with Crippen molar-refractivity contribution in [3.05, 3.63) is 59.9 Å². The highest BCUT2D eigenvalue weighted by Gasteiger charge is 2.46. The molecule has 28 heteroatoms. The zero-order valence-electron chi connectivity index (χ0n) is 50.0. The maximum atomic E-state index is 12.4. The summed E-state index contributed by atoms with van der Waals surface area (Å²) in [5, 5.41) is 9.53. The lowest BCUT2D eigenvalue weighted by Crippen LogP contribution is -2.39. The smallest absolute Gasteiger partial charge is 0.410 e. The molecule has 0 radical (unpaired) electrons. The number of halogens is 2. The Labute approximate surface area is 506 Å². The first-order valence-electron chi connectivity index (χ1n) is 29.1. The predicted molar refractivity (Wildman–Crippen MR) is 321 cm³/mol. The minimum Gasteiger partial charge on any atom is -0.444 e. The van der Waals surface area contributed by atoms with Crippen LogP contribution >= 0.6 is 23.2 Å². The lowest BCUT2D eigenvalue weighted by Gasteiger charge is -2.27. The van der Waals surface area contributed by atoms with Crippen LogP contribution in [0, 0.1) is 29.6 Å². The average molecular weight is 1220 g/mol. The maximum absolute atomic E-state index is 12.4. The molecule has 6 aliphatic heterocycles. The van der Waals surface area contributed by atoms with Gasteiger partial charge in [0.1, 0.15) is 50.4 Å². The molecule has 6 saturated heterocycles. The molecule has 8 fully saturated rings. The largest absolute Gasteiger partial charge is 0.444 e. The highest BCUT2D eigenvalue weighted by Crippen LogP contribution is 2.37. The van der Waals surface area contributed by atoms with Gasteiger partial charge in [0.05, 0.1) is 61.7 Å². The SMILES string of the molecule is CC(C)(C)OC(=O)N1CC2CCN(c3cncc(N)n3)C2C1.CC(C)(C)OC(=O)N1CC2CCN(c3cncc(NC(=O)C4CC4)n3)C2C1.CC(C)(C)OC(=O)N1CC2CCNC2C1.Nc1cncc(Cl)n1.O=C(Nc1cncc(Cl)n1)C1CC1. The number of amides is 5. The first-order valence-corrected chi connectivity index (χ1v) is 29.8. The molecule has 4 aromatic heterocycles. The van der Waals surface area contributed by atoms with E-state index in [1.807, 2.05) is 67.2 Å². The number of nitrogen functional groups attached to an aromatic ring is 2. The Balaban J connectivity index is 0.000000146. The Morgan fingerprint density at radius 2 is 0.894 bits per heavy atom. The van der Waals surface area contributed by atoms with Crippen molar-refractivity contribution in [2.24, 2.45) is 29.6 Å². The van der Waals surface area contributed by atoms with Crippen molar-refractivity contribution in [1.82, 2.24) is 59.9 Å². The van der Waals surface area contributed by atoms with E-state index in [1.54, 1.807) is 34.6 Å². The van der Waals surface area contributed by atoms with Crippen molar-refractivity contribution in [1.29, 1.82) is 0 Å². The van der Waals surface area contributed by atoms with Crippen molar-refractivity contribution in [2.45, 2.75) is 142 Å². The molecule has 6 unspecified atom stereocenters. The minimum atomic E-state index is -0.492. The van der Waals surface area contributed by atoms with Crippen molar-refractivity contribution in [3.63, 3.8) is 0 Å². The van der Waals surface area contributed by atoms with Crippen LogP contribution in [-0.2, 0) is 23.8 Å². The number of fused-ring (bicyclic) bond motifs is 3. The molecule has 462 valence electrons. The van der Waals surface area contributed by atoms with Gasteiger partial charge in [0, 0.05) is 82.1 Å². The molecule has 6 atom stereocenters. The van der Waals surface area contributed by atoms with E-state index in [9.17, 15) is 24.0 Å². The van der Waals surface area contributed by atoms with Gasteiger partial charge in [-0.1, -0.05) is 23.2 Å². The Kier molecular flexibility index (Phi) is 20.6. The fourth-order valence-corrected chi connectivity index (χ4v) is 11.0. The summed E-state index contributed by atoms with van der Waals surface area (Å²) in [4.78, 5) is 102. The summed E-state index contributed by atoms with van der Waals surface area (Å²) in [5.41, 5.74) is 9.58. The molecule has 26 nitrogen and oxygen atoms in total. The standard InChI is InChI=1S/C19H27N5O3.C15H23N5O2.C11H20N2O2.C8H8ClN3O.C4H4ClN3/c1-19(2,3)27-18(26)23-10-13-6-7-24(14(13)11-23)16-9-20-8-15(21-16)22-17(25)12-4-5-12;1-15(2,3)22-14(21)19-8-10-4-5-20(11(10)9-19)13-7-17-6-12(16)18-13;1-11(2,3)15-10(14)13-6-8-4-5-12-9(8)7-13;9-6-3-10-4-7(11-6)12-8(13)5-1-2-5;5-3-1-7-2-4(6)8-3/h8-9,12-14H,4-7,10-11H2,1-3H3,(H,21,22,25);6-7,10-11H,4-5,8-9H2,1-3H3,(H2,16,18);8-9,12H,4-7H2,1-3H3;3-5H,1-2H2,(H,11,12,13);1-2H,(H2,6,8). The van der Waals surface area contributed by atoms with Crippen LogP contribution in [0.25, 0.3) is 0 Å². The lowest BCUT2D eigenvalue weighted by molar-refractivity contribution is -0.118. The molecule has 0 aromatic carbocycles. The highest BCUT2D eigenvalue weighted by molar-refractivity contribution is 6.29. The normalized spacial score (nSPS) is 22.8. The summed E-state index contributed by atoms with van der Waals surface area (Å²) < 4.78 is 16.3. The second kappa shape index (κ2) is 27.5. The molecule has 12 rings (SSSR count). The van der Waals surface area contributed by atoms with Crippen LogP contribution in [0.4, 0.5) is 49.3 Å². The summed E-state index contributed by atoms with van der Waals surface area (Å²) in [6.07, 6.45) is 18.8. The first-order chi connectivity index (χ1) is 40.1. The van der Waals surface area contributed by atoms with E-state index < -0.39 is 11.2 Å². The molecule has 8 aliphatic rings. The molecule has 85 heavy (non-hydrogen) atoms. The van der Waals surface area contributed by atoms with E-state index in [0.29, 0.717) is 71.9 Å². The van der Waals surface area contributed by atoms with Crippen LogP contribution in [0.15, 0.2) is 49.6 Å². The van der Waals surface area contributed by atoms with Gasteiger partial charge >= 0.3 is 18.3 Å². The molecule has 5 amide bonds. The average Bonchev–Trinajstić information content (AvgIpc) is 3.75. The van der Waals surface area contributed by atoms with Gasteiger partial charge in [-0.3, -0.25) is 29.5 Å². The van der Waals surface area contributed by atoms with E-state index >= 15 is 0 Å². The third-order valence-electron chi connectivity index (χ3n) is 14.9. The summed E-state index contributed by atoms with van der Waals surface area (Å²) in [6, 6.07) is 0.974. The second-order valence-electron chi connectivity index (χ2n) is 25.5. The van der Waals surface area contributed by atoms with Gasteiger partial charge in [-0.2, -0.15) is 0 Å². The Morgan fingerprint density at radius 3 is 1.31 bits per heavy atom. The van der Waals surface area contributed by atoms with Crippen LogP contribution in [0.5, 0.6) is 0 Å². The number of hydrogen-bond acceptors (Lipinski definition) is 21. The van der Waals surface area contributed by atoms with Crippen molar-refractivity contribution >= 4 is 88.2 Å². The molecule has 10 heterocycles. The molecular formula is C57H82Cl2N18O8. The number of nitrogens with two attached hydrogens (primary N) is 2. The number of anilines is 6. The number of rotatable bonds is 6. The van der Waals surface area contributed by atoms with Crippen molar-refractivity contribution < 1.29 is 38.2 Å². The third kappa shape index (κ3) is 19.2. The van der Waals surface area contributed by atoms with Crippen LogP contribution in [0.3, 0.4) is 0 Å². The fraction of sp³-hybridized carbons (Fsp3) is 0.632. The van der Waals surface area contributed by atoms with Crippen molar-refractivity contribution in [3.8, 4) is 0 Å². The fourth-order valence-electron chi connectivity index (χ4n) is 10.7. The number of likely N-dealkylation sites (tertiary alicyclic amines) is 3. The van der Waals surface area contributed by atoms with Crippen LogP contribution < -0.4 is 37.2 Å². The lowest BCUT2D eigenvalue weighted by atomic mass is 10.1. The van der Waals surface area contributed by atoms with Crippen LogP contribution in [-0.4, -0.2) is 178 Å². The molecule has 2 saturated carbocycles. The monoisotopic (exact) mass is 1220 g/mol. The van der Waals surface area contributed by atoms with Crippen LogP contribution in [0.2, 0.25) is 10.3 Å². The Morgan fingerprint density at radius 1 is 0.494 bits per heavy atom. The van der Waals surface area contributed by atoms with Gasteiger partial charge < -0.3 is 66.1 Å². The van der Waals surface area contributed by atoms with E-state index in [1.165, 1.54) is 31.2 Å². The predicted octanol–water partition coefficient (Wildman–Crippen LogP) is 7.18. The number of nitrogens with zero attached hydrogens (tertiary/aromatic N) is 13. The van der Waals surface area contributed by atoms with Gasteiger partial charge in [0.25, 0.3) is 0 Å². The number of carbonyl (C=O) groups is 5. The number of carbonyl (C=O) groups excluding carboxylic acids is 5. The molecule has 0 spiro atoms. The van der Waals surface area contributed by atoms with Gasteiger partial charge in [0.2, 0.25) is 11.8 Å². The van der Waals surface area contributed by atoms with Gasteiger partial charge in [-0.05, 0) is 120 Å². The summed E-state index contributed by atoms with van der Waals surface area (Å²) in [7, 11) is 0. The topological polar surface area (TPSA) is 320 Å². The molecule has 7 N–H and O–H groups in total. The molecule has 2 aliphatic carbocycles. The molecule has 4 aromatic rings. The number of nitrogens with one attached hydrogen (secondary N) is 3. The third-order valence-corrected chi connectivity index (χ3v) is 15.3. The molecule has 0 bridgehead atoms. The summed E-state index contributed by atoms with van der Waals surface area (Å²) in [6.45, 7) is 24.3. The number of ether oxygens (including phenoxy) is 3. The number of hydrogen-bond donors (Lipinski definition) is 5. The summed E-state index contributed by atoms with van der Waals surface area (Å²) >= 11 is 11.0. The van der Waals surface area contributed by atoms with E-state index in [-0.39, 0.29) is 64.8 Å². The maximum Gasteiger partial charge on any atom is 0.410 e.